The number of rotatable bonds is 4. The van der Waals surface area contributed by atoms with Crippen LogP contribution in [0.1, 0.15) is 11.4 Å². The van der Waals surface area contributed by atoms with Crippen LogP contribution in [-0.2, 0) is 6.54 Å². The van der Waals surface area contributed by atoms with Crippen LogP contribution >= 0.6 is 0 Å². The van der Waals surface area contributed by atoms with Crippen molar-refractivity contribution in [2.45, 2.75) is 13.5 Å². The number of hydrogen-bond donors (Lipinski definition) is 1. The number of aryl methyl sites for hydroxylation is 1. The Morgan fingerprint density at radius 2 is 2.45 bits per heavy atom. The smallest absolute Gasteiger partial charge is 0.121 e. The second kappa shape index (κ2) is 3.88. The average Bonchev–Trinajstić information content (AvgIpc) is 2.37. The van der Waals surface area contributed by atoms with Crippen molar-refractivity contribution in [1.82, 2.24) is 15.6 Å². The van der Waals surface area contributed by atoms with Crippen molar-refractivity contribution < 1.29 is 4.63 Å². The Hall–Kier alpha value is -1.16. The van der Waals surface area contributed by atoms with Crippen LogP contribution in [0.4, 0.5) is 0 Å². The van der Waals surface area contributed by atoms with Gasteiger partial charge in [0.1, 0.15) is 11.4 Å². The van der Waals surface area contributed by atoms with Crippen LogP contribution in [-0.4, -0.2) is 16.9 Å². The van der Waals surface area contributed by atoms with Crippen molar-refractivity contribution in [1.29, 1.82) is 0 Å². The molecule has 1 N–H and O–H groups in total. The molecular formula is C7H11N3O. The molecule has 0 bridgehead atoms. The van der Waals surface area contributed by atoms with Gasteiger partial charge in [0.25, 0.3) is 0 Å². The Morgan fingerprint density at radius 1 is 1.64 bits per heavy atom. The minimum Gasteiger partial charge on any atom is -0.308 e. The third-order valence-corrected chi connectivity index (χ3v) is 1.33. The van der Waals surface area contributed by atoms with E-state index in [0.29, 0.717) is 6.54 Å². The molecule has 0 aliphatic carbocycles. The Labute approximate surface area is 65.3 Å². The minimum atomic E-state index is 0.682. The highest BCUT2D eigenvalue weighted by molar-refractivity contribution is 5.03. The van der Waals surface area contributed by atoms with Crippen LogP contribution in [0, 0.1) is 6.92 Å². The SMILES string of the molecule is C=CCNCc1nonc1C. The maximum atomic E-state index is 4.51. The van der Waals surface area contributed by atoms with Crippen LogP contribution in [0.2, 0.25) is 0 Å². The lowest BCUT2D eigenvalue weighted by Gasteiger charge is -1.95. The highest BCUT2D eigenvalue weighted by Gasteiger charge is 2.01. The van der Waals surface area contributed by atoms with E-state index in [9.17, 15) is 0 Å². The van der Waals surface area contributed by atoms with Crippen LogP contribution in [0.5, 0.6) is 0 Å². The van der Waals surface area contributed by atoms with Crippen molar-refractivity contribution in [3.05, 3.63) is 24.0 Å². The van der Waals surface area contributed by atoms with Gasteiger partial charge in [-0.25, -0.2) is 4.63 Å². The maximum absolute atomic E-state index is 4.51. The molecule has 1 aromatic heterocycles. The Bertz CT molecular complexity index is 231. The number of nitrogens with zero attached hydrogens (tertiary/aromatic N) is 2. The first-order chi connectivity index (χ1) is 5.34. The fraction of sp³-hybridized carbons (Fsp3) is 0.429. The molecular weight excluding hydrogens is 142 g/mol. The molecule has 0 spiro atoms. The van der Waals surface area contributed by atoms with E-state index in [2.05, 4.69) is 26.8 Å². The van der Waals surface area contributed by atoms with Gasteiger partial charge in [0.15, 0.2) is 0 Å². The molecule has 1 heterocycles. The summed E-state index contributed by atoms with van der Waals surface area (Å²) in [5.41, 5.74) is 1.69. The largest absolute Gasteiger partial charge is 0.308 e. The molecule has 4 heteroatoms. The lowest BCUT2D eigenvalue weighted by atomic mass is 10.3. The van der Waals surface area contributed by atoms with Gasteiger partial charge in [-0.1, -0.05) is 16.4 Å². The predicted octanol–water partition coefficient (Wildman–Crippen LogP) is 0.654. The standard InChI is InChI=1S/C7H11N3O/c1-3-4-8-5-7-6(2)9-11-10-7/h3,8H,1,4-5H2,2H3. The summed E-state index contributed by atoms with van der Waals surface area (Å²) in [5.74, 6) is 0. The van der Waals surface area contributed by atoms with E-state index in [1.807, 2.05) is 6.92 Å². The van der Waals surface area contributed by atoms with E-state index in [-0.39, 0.29) is 0 Å². The monoisotopic (exact) mass is 153 g/mol. The molecule has 0 aromatic carbocycles. The van der Waals surface area contributed by atoms with Crippen molar-refractivity contribution >= 4 is 0 Å². The van der Waals surface area contributed by atoms with Crippen LogP contribution in [0.3, 0.4) is 0 Å². The lowest BCUT2D eigenvalue weighted by Crippen LogP contribution is -2.13. The summed E-state index contributed by atoms with van der Waals surface area (Å²) < 4.78 is 4.51. The van der Waals surface area contributed by atoms with Gasteiger partial charge in [0.2, 0.25) is 0 Å². The molecule has 0 amide bonds. The second-order valence-corrected chi connectivity index (χ2v) is 2.22. The fourth-order valence-corrected chi connectivity index (χ4v) is 0.702. The molecule has 4 nitrogen and oxygen atoms in total. The van der Waals surface area contributed by atoms with E-state index in [4.69, 9.17) is 0 Å². The number of aromatic nitrogens is 2. The molecule has 0 radical (unpaired) electrons. The predicted molar refractivity (Wildman–Crippen MR) is 40.9 cm³/mol. The highest BCUT2D eigenvalue weighted by atomic mass is 16.6. The summed E-state index contributed by atoms with van der Waals surface area (Å²) in [5, 5.41) is 10.4. The minimum absolute atomic E-state index is 0.682. The van der Waals surface area contributed by atoms with Gasteiger partial charge in [-0.3, -0.25) is 0 Å². The van der Waals surface area contributed by atoms with Crippen molar-refractivity contribution in [3.63, 3.8) is 0 Å². The van der Waals surface area contributed by atoms with Crippen LogP contribution in [0.25, 0.3) is 0 Å². The number of hydrogen-bond acceptors (Lipinski definition) is 4. The van der Waals surface area contributed by atoms with E-state index in [1.165, 1.54) is 0 Å². The first-order valence-electron chi connectivity index (χ1n) is 3.44. The lowest BCUT2D eigenvalue weighted by molar-refractivity contribution is 0.300. The maximum Gasteiger partial charge on any atom is 0.121 e. The van der Waals surface area contributed by atoms with E-state index in [0.717, 1.165) is 17.9 Å². The molecule has 0 saturated carbocycles. The quantitative estimate of drug-likeness (QED) is 0.509. The second-order valence-electron chi connectivity index (χ2n) is 2.22. The first-order valence-corrected chi connectivity index (χ1v) is 3.44. The molecule has 1 aromatic rings. The summed E-state index contributed by atoms with van der Waals surface area (Å²) >= 11 is 0. The van der Waals surface area contributed by atoms with Crippen LogP contribution < -0.4 is 5.32 Å². The van der Waals surface area contributed by atoms with Gasteiger partial charge in [-0.05, 0) is 6.92 Å². The third-order valence-electron chi connectivity index (χ3n) is 1.33. The Morgan fingerprint density at radius 3 is 3.00 bits per heavy atom. The average molecular weight is 153 g/mol. The van der Waals surface area contributed by atoms with Gasteiger partial charge in [-0.2, -0.15) is 0 Å². The molecule has 60 valence electrons. The number of nitrogens with one attached hydrogen (secondary N) is 1. The normalized spacial score (nSPS) is 9.91. The molecule has 0 aliphatic rings. The van der Waals surface area contributed by atoms with Gasteiger partial charge in [0.05, 0.1) is 0 Å². The highest BCUT2D eigenvalue weighted by Crippen LogP contribution is 1.98. The third kappa shape index (κ3) is 2.16. The van der Waals surface area contributed by atoms with Crippen molar-refractivity contribution in [3.8, 4) is 0 Å². The summed E-state index contributed by atoms with van der Waals surface area (Å²) in [6, 6.07) is 0. The van der Waals surface area contributed by atoms with Crippen molar-refractivity contribution in [2.75, 3.05) is 6.54 Å². The molecule has 1 rings (SSSR count). The van der Waals surface area contributed by atoms with E-state index >= 15 is 0 Å². The molecule has 0 unspecified atom stereocenters. The van der Waals surface area contributed by atoms with Gasteiger partial charge >= 0.3 is 0 Å². The molecule has 0 saturated heterocycles. The summed E-state index contributed by atoms with van der Waals surface area (Å²) in [4.78, 5) is 0. The summed E-state index contributed by atoms with van der Waals surface area (Å²) in [6.07, 6.45) is 1.79. The zero-order valence-electron chi connectivity index (χ0n) is 6.50. The zero-order chi connectivity index (χ0) is 8.10. The van der Waals surface area contributed by atoms with Crippen LogP contribution in [0.15, 0.2) is 17.3 Å². The molecule has 0 atom stereocenters. The Kier molecular flexibility index (Phi) is 2.80. The van der Waals surface area contributed by atoms with Gasteiger partial charge in [0, 0.05) is 13.1 Å². The topological polar surface area (TPSA) is 51.0 Å². The molecule has 0 fully saturated rings. The summed E-state index contributed by atoms with van der Waals surface area (Å²) in [7, 11) is 0. The van der Waals surface area contributed by atoms with E-state index in [1.54, 1.807) is 6.08 Å². The zero-order valence-corrected chi connectivity index (χ0v) is 6.50. The molecule has 11 heavy (non-hydrogen) atoms. The van der Waals surface area contributed by atoms with E-state index < -0.39 is 0 Å². The molecule has 0 aliphatic heterocycles. The first kappa shape index (κ1) is 7.94. The Balaban J connectivity index is 2.38. The summed E-state index contributed by atoms with van der Waals surface area (Å²) in [6.45, 7) is 6.89. The fourth-order valence-electron chi connectivity index (χ4n) is 0.702. The van der Waals surface area contributed by atoms with Gasteiger partial charge < -0.3 is 5.32 Å². The van der Waals surface area contributed by atoms with Gasteiger partial charge in [-0.15, -0.1) is 6.58 Å². The van der Waals surface area contributed by atoms with Crippen molar-refractivity contribution in [2.24, 2.45) is 0 Å².